The van der Waals surface area contributed by atoms with E-state index in [1.807, 2.05) is 24.3 Å². The Bertz CT molecular complexity index is 822. The van der Waals surface area contributed by atoms with Crippen LogP contribution in [0.2, 0.25) is 5.02 Å². The minimum atomic E-state index is 0.238. The van der Waals surface area contributed by atoms with Gasteiger partial charge < -0.3 is 14.1 Å². The Kier molecular flexibility index (Phi) is 4.26. The first-order valence-corrected chi connectivity index (χ1v) is 8.53. The minimum absolute atomic E-state index is 0.238. The third-order valence-corrected chi connectivity index (χ3v) is 4.52. The van der Waals surface area contributed by atoms with E-state index < -0.39 is 0 Å². The molecule has 6 heteroatoms. The highest BCUT2D eigenvalue weighted by Gasteiger charge is 2.27. The van der Waals surface area contributed by atoms with Gasteiger partial charge in [-0.25, -0.2) is 0 Å². The zero-order valence-electron chi connectivity index (χ0n) is 13.2. The Labute approximate surface area is 145 Å². The number of fused-ring (bicyclic) bond motifs is 1. The second-order valence-corrected chi connectivity index (χ2v) is 6.39. The summed E-state index contributed by atoms with van der Waals surface area (Å²) in [4.78, 5) is 10.9. The van der Waals surface area contributed by atoms with Gasteiger partial charge >= 0.3 is 0 Å². The lowest BCUT2D eigenvalue weighted by atomic mass is 10.0. The van der Waals surface area contributed by atoms with Gasteiger partial charge in [-0.05, 0) is 43.5 Å². The molecule has 0 N–H and O–H groups in total. The number of aromatic nitrogens is 2. The van der Waals surface area contributed by atoms with Crippen LogP contribution >= 0.6 is 11.6 Å². The fourth-order valence-corrected chi connectivity index (χ4v) is 3.22. The summed E-state index contributed by atoms with van der Waals surface area (Å²) in [6.07, 6.45) is 6.84. The summed E-state index contributed by atoms with van der Waals surface area (Å²) < 4.78 is 11.8. The first-order valence-electron chi connectivity index (χ1n) is 8.15. The number of piperidine rings is 1. The van der Waals surface area contributed by atoms with Crippen molar-refractivity contribution >= 4 is 28.7 Å². The van der Waals surface area contributed by atoms with Crippen LogP contribution in [-0.4, -0.2) is 29.2 Å². The number of ether oxygens (including phenoxy) is 1. The van der Waals surface area contributed by atoms with E-state index in [0.29, 0.717) is 17.6 Å². The molecule has 24 heavy (non-hydrogen) atoms. The summed E-state index contributed by atoms with van der Waals surface area (Å²) in [5.74, 6) is 0.785. The van der Waals surface area contributed by atoms with E-state index in [0.717, 1.165) is 36.2 Å². The van der Waals surface area contributed by atoms with Crippen LogP contribution in [0.4, 0.5) is 6.01 Å². The summed E-state index contributed by atoms with van der Waals surface area (Å²) in [5.41, 5.74) is 1.54. The molecule has 1 aliphatic rings. The van der Waals surface area contributed by atoms with Crippen molar-refractivity contribution in [1.82, 2.24) is 9.97 Å². The van der Waals surface area contributed by atoms with Gasteiger partial charge in [-0.3, -0.25) is 4.98 Å². The van der Waals surface area contributed by atoms with Gasteiger partial charge in [-0.15, -0.1) is 0 Å². The first kappa shape index (κ1) is 15.3. The molecular formula is C18H18ClN3O2. The highest BCUT2D eigenvalue weighted by molar-refractivity contribution is 6.31. The number of benzene rings is 1. The summed E-state index contributed by atoms with van der Waals surface area (Å²) >= 11 is 6.03. The fourth-order valence-electron chi connectivity index (χ4n) is 3.06. The molecule has 0 bridgehead atoms. The van der Waals surface area contributed by atoms with Gasteiger partial charge in [0.15, 0.2) is 5.58 Å². The molecule has 0 radical (unpaired) electrons. The predicted octanol–water partition coefficient (Wildman–Crippen LogP) is 4.31. The van der Waals surface area contributed by atoms with Crippen LogP contribution in [-0.2, 0) is 0 Å². The van der Waals surface area contributed by atoms with Crippen molar-refractivity contribution in [3.05, 3.63) is 47.7 Å². The average Bonchev–Trinajstić information content (AvgIpc) is 3.04. The van der Waals surface area contributed by atoms with Gasteiger partial charge in [0.2, 0.25) is 0 Å². The molecule has 1 unspecified atom stereocenters. The number of anilines is 1. The maximum atomic E-state index is 6.03. The van der Waals surface area contributed by atoms with E-state index >= 15 is 0 Å². The molecule has 5 nitrogen and oxygen atoms in total. The Balaban J connectivity index is 1.54. The molecule has 0 spiro atoms. The van der Waals surface area contributed by atoms with Gasteiger partial charge in [-0.2, -0.15) is 4.98 Å². The molecule has 0 aliphatic carbocycles. The minimum Gasteiger partial charge on any atom is -0.490 e. The smallest absolute Gasteiger partial charge is 0.298 e. The van der Waals surface area contributed by atoms with Crippen molar-refractivity contribution in [3.63, 3.8) is 0 Å². The van der Waals surface area contributed by atoms with Crippen molar-refractivity contribution in [2.75, 3.05) is 18.1 Å². The largest absolute Gasteiger partial charge is 0.490 e. The molecule has 0 saturated carbocycles. The van der Waals surface area contributed by atoms with Gasteiger partial charge in [0.1, 0.15) is 17.9 Å². The number of hydrogen-bond donors (Lipinski definition) is 0. The van der Waals surface area contributed by atoms with Crippen LogP contribution in [0.1, 0.15) is 19.3 Å². The monoisotopic (exact) mass is 343 g/mol. The van der Waals surface area contributed by atoms with Crippen LogP contribution in [0.25, 0.3) is 11.1 Å². The molecule has 2 aromatic heterocycles. The quantitative estimate of drug-likeness (QED) is 0.706. The number of hydrogen-bond acceptors (Lipinski definition) is 5. The molecule has 0 amide bonds. The number of halogens is 1. The van der Waals surface area contributed by atoms with E-state index in [9.17, 15) is 0 Å². The van der Waals surface area contributed by atoms with Crippen LogP contribution in [0.3, 0.4) is 0 Å². The third-order valence-electron chi connectivity index (χ3n) is 4.29. The SMILES string of the molecule is Clc1ccc2nc(N3CCCCC3COc3cccnc3)oc2c1. The molecule has 1 saturated heterocycles. The maximum absolute atomic E-state index is 6.03. The molecule has 3 heterocycles. The zero-order valence-corrected chi connectivity index (χ0v) is 13.9. The molecule has 1 aliphatic heterocycles. The van der Waals surface area contributed by atoms with E-state index in [2.05, 4.69) is 14.9 Å². The first-order chi connectivity index (χ1) is 11.8. The Morgan fingerprint density at radius 2 is 2.25 bits per heavy atom. The molecule has 124 valence electrons. The number of oxazole rings is 1. The van der Waals surface area contributed by atoms with E-state index in [1.165, 1.54) is 6.42 Å². The standard InChI is InChI=1S/C18H18ClN3O2/c19-13-6-7-16-17(10-13)24-18(21-16)22-9-2-1-4-14(22)12-23-15-5-3-8-20-11-15/h3,5-8,10-11,14H,1-2,4,9,12H2. The predicted molar refractivity (Wildman–Crippen MR) is 93.7 cm³/mol. The van der Waals surface area contributed by atoms with E-state index in [-0.39, 0.29) is 6.04 Å². The topological polar surface area (TPSA) is 51.4 Å². The average molecular weight is 344 g/mol. The van der Waals surface area contributed by atoms with E-state index in [4.69, 9.17) is 20.8 Å². The number of nitrogens with zero attached hydrogens (tertiary/aromatic N) is 3. The van der Waals surface area contributed by atoms with Crippen LogP contribution in [0.5, 0.6) is 5.75 Å². The highest BCUT2D eigenvalue weighted by atomic mass is 35.5. The van der Waals surface area contributed by atoms with Crippen molar-refractivity contribution < 1.29 is 9.15 Å². The maximum Gasteiger partial charge on any atom is 0.298 e. The number of rotatable bonds is 4. The Morgan fingerprint density at radius 1 is 1.29 bits per heavy atom. The molecule has 1 atom stereocenters. The van der Waals surface area contributed by atoms with Crippen molar-refractivity contribution in [2.24, 2.45) is 0 Å². The van der Waals surface area contributed by atoms with E-state index in [1.54, 1.807) is 18.5 Å². The van der Waals surface area contributed by atoms with Crippen LogP contribution in [0.15, 0.2) is 47.1 Å². The van der Waals surface area contributed by atoms with Gasteiger partial charge in [0, 0.05) is 23.8 Å². The van der Waals surface area contributed by atoms with Crippen LogP contribution in [0, 0.1) is 0 Å². The number of pyridine rings is 1. The second kappa shape index (κ2) is 6.69. The zero-order chi connectivity index (χ0) is 16.4. The van der Waals surface area contributed by atoms with Crippen molar-refractivity contribution in [3.8, 4) is 5.75 Å². The van der Waals surface area contributed by atoms with Crippen molar-refractivity contribution in [1.29, 1.82) is 0 Å². The molecule has 1 fully saturated rings. The summed E-state index contributed by atoms with van der Waals surface area (Å²) in [5, 5.41) is 0.653. The normalized spacial score (nSPS) is 18.0. The highest BCUT2D eigenvalue weighted by Crippen LogP contribution is 2.29. The third kappa shape index (κ3) is 3.17. The molecule has 1 aromatic carbocycles. The summed E-state index contributed by atoms with van der Waals surface area (Å²) in [7, 11) is 0. The molecule has 4 rings (SSSR count). The molecular weight excluding hydrogens is 326 g/mol. The molecule has 3 aromatic rings. The lowest BCUT2D eigenvalue weighted by molar-refractivity contribution is 0.254. The fraction of sp³-hybridized carbons (Fsp3) is 0.333. The van der Waals surface area contributed by atoms with Gasteiger partial charge in [-0.1, -0.05) is 11.6 Å². The lowest BCUT2D eigenvalue weighted by Crippen LogP contribution is -2.43. The van der Waals surface area contributed by atoms with Crippen molar-refractivity contribution in [2.45, 2.75) is 25.3 Å². The summed E-state index contributed by atoms with van der Waals surface area (Å²) in [6, 6.07) is 10.2. The Hall–Kier alpha value is -2.27. The summed E-state index contributed by atoms with van der Waals surface area (Å²) in [6.45, 7) is 1.51. The Morgan fingerprint density at radius 3 is 3.12 bits per heavy atom. The van der Waals surface area contributed by atoms with Gasteiger partial charge in [0.05, 0.1) is 12.2 Å². The second-order valence-electron chi connectivity index (χ2n) is 5.95. The van der Waals surface area contributed by atoms with Crippen LogP contribution < -0.4 is 9.64 Å². The lowest BCUT2D eigenvalue weighted by Gasteiger charge is -2.34. The van der Waals surface area contributed by atoms with Gasteiger partial charge in [0.25, 0.3) is 6.01 Å².